The lowest BCUT2D eigenvalue weighted by molar-refractivity contribution is 0.550. The standard InChI is InChI=1S/C15H18BrN3/c1-2-19-15(11-3-5-13(16)6-4-11)9-12-10-18-8-7-14(12)17/h3-8,10,15,19H,2,9H2,1H3,(H2,17,18). The molecule has 100 valence electrons. The second kappa shape index (κ2) is 6.68. The van der Waals surface area contributed by atoms with Crippen molar-refractivity contribution in [2.24, 2.45) is 0 Å². The fourth-order valence-corrected chi connectivity index (χ4v) is 2.34. The van der Waals surface area contributed by atoms with E-state index in [0.717, 1.165) is 28.7 Å². The predicted octanol–water partition coefficient (Wildman–Crippen LogP) is 3.32. The monoisotopic (exact) mass is 319 g/mol. The van der Waals surface area contributed by atoms with Gasteiger partial charge in [-0.1, -0.05) is 35.0 Å². The number of aromatic nitrogens is 1. The molecule has 3 N–H and O–H groups in total. The molecular weight excluding hydrogens is 302 g/mol. The maximum atomic E-state index is 5.99. The molecule has 0 fully saturated rings. The van der Waals surface area contributed by atoms with Gasteiger partial charge in [-0.2, -0.15) is 0 Å². The summed E-state index contributed by atoms with van der Waals surface area (Å²) in [6.45, 7) is 3.03. The van der Waals surface area contributed by atoms with E-state index in [2.05, 4.69) is 57.4 Å². The molecule has 0 spiro atoms. The Morgan fingerprint density at radius 2 is 2.00 bits per heavy atom. The van der Waals surface area contributed by atoms with E-state index in [4.69, 9.17) is 5.73 Å². The molecule has 3 nitrogen and oxygen atoms in total. The summed E-state index contributed by atoms with van der Waals surface area (Å²) in [5.41, 5.74) is 9.13. The Labute approximate surface area is 122 Å². The van der Waals surface area contributed by atoms with Crippen LogP contribution in [0.2, 0.25) is 0 Å². The number of halogens is 1. The molecule has 0 aliphatic heterocycles. The van der Waals surface area contributed by atoms with E-state index >= 15 is 0 Å². The molecule has 0 aliphatic rings. The van der Waals surface area contributed by atoms with E-state index in [-0.39, 0.29) is 6.04 Å². The molecule has 19 heavy (non-hydrogen) atoms. The number of hydrogen-bond acceptors (Lipinski definition) is 3. The second-order valence-corrected chi connectivity index (χ2v) is 5.36. The SMILES string of the molecule is CCNC(Cc1cnccc1N)c1ccc(Br)cc1. The number of pyridine rings is 1. The minimum absolute atomic E-state index is 0.254. The number of nitrogens with zero attached hydrogens (tertiary/aromatic N) is 1. The van der Waals surface area contributed by atoms with Gasteiger partial charge < -0.3 is 11.1 Å². The zero-order valence-electron chi connectivity index (χ0n) is 10.9. The summed E-state index contributed by atoms with van der Waals surface area (Å²) < 4.78 is 1.09. The van der Waals surface area contributed by atoms with E-state index in [1.165, 1.54) is 5.56 Å². The molecule has 1 aromatic carbocycles. The highest BCUT2D eigenvalue weighted by atomic mass is 79.9. The van der Waals surface area contributed by atoms with Gasteiger partial charge in [-0.15, -0.1) is 0 Å². The number of benzene rings is 1. The molecule has 0 bridgehead atoms. The quantitative estimate of drug-likeness (QED) is 0.888. The normalized spacial score (nSPS) is 12.3. The highest BCUT2D eigenvalue weighted by Gasteiger charge is 2.12. The zero-order valence-corrected chi connectivity index (χ0v) is 12.5. The van der Waals surface area contributed by atoms with Crippen LogP contribution in [0.5, 0.6) is 0 Å². The van der Waals surface area contributed by atoms with Gasteiger partial charge in [0, 0.05) is 28.6 Å². The summed E-state index contributed by atoms with van der Waals surface area (Å²) in [6, 6.07) is 10.5. The summed E-state index contributed by atoms with van der Waals surface area (Å²) in [5, 5.41) is 3.50. The van der Waals surface area contributed by atoms with Crippen molar-refractivity contribution < 1.29 is 0 Å². The van der Waals surface area contributed by atoms with Gasteiger partial charge in [-0.05, 0) is 42.3 Å². The van der Waals surface area contributed by atoms with Gasteiger partial charge in [0.15, 0.2) is 0 Å². The van der Waals surface area contributed by atoms with Crippen LogP contribution in [0.1, 0.15) is 24.1 Å². The van der Waals surface area contributed by atoms with Crippen LogP contribution in [0.15, 0.2) is 47.2 Å². The van der Waals surface area contributed by atoms with Crippen LogP contribution in [-0.4, -0.2) is 11.5 Å². The molecular formula is C15H18BrN3. The highest BCUT2D eigenvalue weighted by Crippen LogP contribution is 2.22. The van der Waals surface area contributed by atoms with Gasteiger partial charge in [0.25, 0.3) is 0 Å². The topological polar surface area (TPSA) is 50.9 Å². The van der Waals surface area contributed by atoms with Crippen molar-refractivity contribution in [3.8, 4) is 0 Å². The average molecular weight is 320 g/mol. The first-order valence-electron chi connectivity index (χ1n) is 6.38. The van der Waals surface area contributed by atoms with E-state index < -0.39 is 0 Å². The molecule has 0 saturated heterocycles. The van der Waals surface area contributed by atoms with E-state index in [1.54, 1.807) is 6.20 Å². The van der Waals surface area contributed by atoms with Crippen LogP contribution in [-0.2, 0) is 6.42 Å². The fraction of sp³-hybridized carbons (Fsp3) is 0.267. The van der Waals surface area contributed by atoms with Gasteiger partial charge >= 0.3 is 0 Å². The van der Waals surface area contributed by atoms with Crippen LogP contribution in [0, 0.1) is 0 Å². The number of nitrogens with one attached hydrogen (secondary N) is 1. The zero-order chi connectivity index (χ0) is 13.7. The smallest absolute Gasteiger partial charge is 0.0378 e. The maximum absolute atomic E-state index is 5.99. The van der Waals surface area contributed by atoms with Crippen molar-refractivity contribution in [1.29, 1.82) is 0 Å². The first kappa shape index (κ1) is 14.0. The average Bonchev–Trinajstić information content (AvgIpc) is 2.42. The van der Waals surface area contributed by atoms with Gasteiger partial charge in [0.2, 0.25) is 0 Å². The van der Waals surface area contributed by atoms with Crippen molar-refractivity contribution in [2.45, 2.75) is 19.4 Å². The third-order valence-corrected chi connectivity index (χ3v) is 3.62. The number of hydrogen-bond donors (Lipinski definition) is 2. The molecule has 2 aromatic rings. The maximum Gasteiger partial charge on any atom is 0.0378 e. The van der Waals surface area contributed by atoms with Gasteiger partial charge in [0.05, 0.1) is 0 Å². The Kier molecular flexibility index (Phi) is 4.93. The molecule has 0 radical (unpaired) electrons. The lowest BCUT2D eigenvalue weighted by Crippen LogP contribution is -2.23. The summed E-state index contributed by atoms with van der Waals surface area (Å²) in [6.07, 6.45) is 4.41. The van der Waals surface area contributed by atoms with Gasteiger partial charge in [-0.25, -0.2) is 0 Å². The predicted molar refractivity (Wildman–Crippen MR) is 82.9 cm³/mol. The molecule has 2 rings (SSSR count). The van der Waals surface area contributed by atoms with Crippen molar-refractivity contribution in [2.75, 3.05) is 12.3 Å². The van der Waals surface area contributed by atoms with Crippen molar-refractivity contribution in [1.82, 2.24) is 10.3 Å². The summed E-state index contributed by atoms with van der Waals surface area (Å²) >= 11 is 3.46. The lowest BCUT2D eigenvalue weighted by Gasteiger charge is -2.19. The lowest BCUT2D eigenvalue weighted by atomic mass is 9.99. The number of rotatable bonds is 5. The van der Waals surface area contributed by atoms with E-state index in [9.17, 15) is 0 Å². The molecule has 1 heterocycles. The summed E-state index contributed by atoms with van der Waals surface area (Å²) in [4.78, 5) is 4.15. The largest absolute Gasteiger partial charge is 0.398 e. The molecule has 1 unspecified atom stereocenters. The number of nitrogens with two attached hydrogens (primary N) is 1. The Morgan fingerprint density at radius 1 is 1.26 bits per heavy atom. The first-order valence-corrected chi connectivity index (χ1v) is 7.17. The van der Waals surface area contributed by atoms with Crippen molar-refractivity contribution >= 4 is 21.6 Å². The molecule has 0 aliphatic carbocycles. The minimum atomic E-state index is 0.254. The Morgan fingerprint density at radius 3 is 2.63 bits per heavy atom. The second-order valence-electron chi connectivity index (χ2n) is 4.44. The summed E-state index contributed by atoms with van der Waals surface area (Å²) in [7, 11) is 0. The third-order valence-electron chi connectivity index (χ3n) is 3.09. The van der Waals surface area contributed by atoms with Crippen LogP contribution in [0.4, 0.5) is 5.69 Å². The van der Waals surface area contributed by atoms with Crippen molar-refractivity contribution in [3.05, 3.63) is 58.3 Å². The van der Waals surface area contributed by atoms with E-state index in [1.807, 2.05) is 12.3 Å². The van der Waals surface area contributed by atoms with E-state index in [0.29, 0.717) is 0 Å². The Balaban J connectivity index is 2.21. The number of anilines is 1. The number of nitrogen functional groups attached to an aromatic ring is 1. The molecule has 0 amide bonds. The third kappa shape index (κ3) is 3.78. The summed E-state index contributed by atoms with van der Waals surface area (Å²) in [5.74, 6) is 0. The van der Waals surface area contributed by atoms with Gasteiger partial charge in [0.1, 0.15) is 0 Å². The molecule has 4 heteroatoms. The molecule has 1 atom stereocenters. The van der Waals surface area contributed by atoms with Crippen LogP contribution < -0.4 is 11.1 Å². The Bertz CT molecular complexity index is 525. The first-order chi connectivity index (χ1) is 9.20. The van der Waals surface area contributed by atoms with Crippen LogP contribution >= 0.6 is 15.9 Å². The molecule has 0 saturated carbocycles. The minimum Gasteiger partial charge on any atom is -0.398 e. The van der Waals surface area contributed by atoms with Crippen molar-refractivity contribution in [3.63, 3.8) is 0 Å². The fourth-order valence-electron chi connectivity index (χ4n) is 2.08. The Hall–Kier alpha value is -1.39. The number of likely N-dealkylation sites (N-methyl/N-ethyl adjacent to an activating group) is 1. The molecule has 1 aromatic heterocycles. The van der Waals surface area contributed by atoms with Gasteiger partial charge in [-0.3, -0.25) is 4.98 Å². The highest BCUT2D eigenvalue weighted by molar-refractivity contribution is 9.10. The van der Waals surface area contributed by atoms with Crippen LogP contribution in [0.3, 0.4) is 0 Å². The van der Waals surface area contributed by atoms with Crippen LogP contribution in [0.25, 0.3) is 0 Å².